The molecule has 6 nitrogen and oxygen atoms in total. The van der Waals surface area contributed by atoms with Crippen molar-refractivity contribution in [1.82, 2.24) is 10.2 Å². The average Bonchev–Trinajstić information content (AvgIpc) is 2.94. The van der Waals surface area contributed by atoms with E-state index in [1.807, 2.05) is 4.90 Å². The molecule has 1 aromatic rings. The van der Waals surface area contributed by atoms with E-state index >= 15 is 0 Å². The van der Waals surface area contributed by atoms with Crippen LogP contribution in [0.25, 0.3) is 0 Å². The number of nitrogens with zero attached hydrogens (tertiary/aromatic N) is 2. The van der Waals surface area contributed by atoms with E-state index in [9.17, 15) is 14.9 Å². The minimum atomic E-state index is -0.485. The Morgan fingerprint density at radius 3 is 2.95 bits per heavy atom. The smallest absolute Gasteiger partial charge is 0.282 e. The summed E-state index contributed by atoms with van der Waals surface area (Å²) in [6.45, 7) is 2.41. The molecule has 2 heterocycles. The maximum absolute atomic E-state index is 12.7. The second-order valence-electron chi connectivity index (χ2n) is 5.40. The Hall–Kier alpha value is -1.95. The Morgan fingerprint density at radius 2 is 2.15 bits per heavy atom. The van der Waals surface area contributed by atoms with E-state index in [0.29, 0.717) is 12.5 Å². The molecule has 0 aromatic heterocycles. The molecule has 6 heteroatoms. The number of hydrogen-bond acceptors (Lipinski definition) is 4. The van der Waals surface area contributed by atoms with E-state index in [0.717, 1.165) is 25.9 Å². The van der Waals surface area contributed by atoms with Crippen LogP contribution in [0.5, 0.6) is 0 Å². The van der Waals surface area contributed by atoms with Crippen LogP contribution in [0, 0.1) is 16.0 Å². The number of likely N-dealkylation sites (tertiary alicyclic amines) is 1. The van der Waals surface area contributed by atoms with Crippen LogP contribution in [0.4, 0.5) is 5.69 Å². The van der Waals surface area contributed by atoms with Gasteiger partial charge in [-0.25, -0.2) is 0 Å². The quantitative estimate of drug-likeness (QED) is 0.654. The first-order valence-electron chi connectivity index (χ1n) is 6.93. The predicted octanol–water partition coefficient (Wildman–Crippen LogP) is 1.42. The van der Waals surface area contributed by atoms with Crippen molar-refractivity contribution in [3.8, 4) is 0 Å². The molecule has 1 amide bonds. The van der Waals surface area contributed by atoms with Crippen LogP contribution in [0.1, 0.15) is 23.2 Å². The van der Waals surface area contributed by atoms with Crippen molar-refractivity contribution in [2.75, 3.05) is 19.6 Å². The lowest BCUT2D eigenvalue weighted by molar-refractivity contribution is -0.385. The summed E-state index contributed by atoms with van der Waals surface area (Å²) in [6.07, 6.45) is 2.09. The van der Waals surface area contributed by atoms with Crippen molar-refractivity contribution in [1.29, 1.82) is 0 Å². The molecule has 2 aliphatic rings. The molecule has 0 aliphatic carbocycles. The van der Waals surface area contributed by atoms with Gasteiger partial charge < -0.3 is 10.2 Å². The molecule has 0 radical (unpaired) electrons. The highest BCUT2D eigenvalue weighted by Gasteiger charge is 2.38. The first-order chi connectivity index (χ1) is 9.68. The number of fused-ring (bicyclic) bond motifs is 1. The zero-order valence-electron chi connectivity index (χ0n) is 11.1. The summed E-state index contributed by atoms with van der Waals surface area (Å²) in [5.74, 6) is 0.270. The van der Waals surface area contributed by atoms with Crippen LogP contribution >= 0.6 is 0 Å². The molecule has 0 saturated carbocycles. The van der Waals surface area contributed by atoms with E-state index in [1.54, 1.807) is 18.2 Å². The second-order valence-corrected chi connectivity index (χ2v) is 5.40. The molecule has 0 bridgehead atoms. The minimum absolute atomic E-state index is 0.106. The van der Waals surface area contributed by atoms with E-state index in [-0.39, 0.29) is 23.2 Å². The van der Waals surface area contributed by atoms with Gasteiger partial charge >= 0.3 is 0 Å². The fourth-order valence-electron chi connectivity index (χ4n) is 3.29. The van der Waals surface area contributed by atoms with Crippen molar-refractivity contribution in [2.24, 2.45) is 5.92 Å². The van der Waals surface area contributed by atoms with Gasteiger partial charge in [0, 0.05) is 31.7 Å². The van der Waals surface area contributed by atoms with E-state index in [2.05, 4.69) is 5.32 Å². The number of piperidine rings is 1. The number of carbonyl (C=O) groups is 1. The van der Waals surface area contributed by atoms with Crippen LogP contribution in [0.3, 0.4) is 0 Å². The third-order valence-electron chi connectivity index (χ3n) is 4.27. The van der Waals surface area contributed by atoms with E-state index in [4.69, 9.17) is 0 Å². The summed E-state index contributed by atoms with van der Waals surface area (Å²) in [5, 5.41) is 14.4. The van der Waals surface area contributed by atoms with Crippen molar-refractivity contribution in [2.45, 2.75) is 18.9 Å². The molecule has 2 aliphatic heterocycles. The molecule has 1 N–H and O–H groups in total. The number of nitro benzene ring substituents is 1. The molecule has 20 heavy (non-hydrogen) atoms. The van der Waals surface area contributed by atoms with Gasteiger partial charge in [-0.1, -0.05) is 12.1 Å². The van der Waals surface area contributed by atoms with Crippen molar-refractivity contribution in [3.63, 3.8) is 0 Å². The van der Waals surface area contributed by atoms with Gasteiger partial charge in [0.2, 0.25) is 0 Å². The Morgan fingerprint density at radius 1 is 1.35 bits per heavy atom. The van der Waals surface area contributed by atoms with E-state index < -0.39 is 4.92 Å². The summed E-state index contributed by atoms with van der Waals surface area (Å²) < 4.78 is 0. The number of amides is 1. The van der Waals surface area contributed by atoms with Crippen LogP contribution in [-0.4, -0.2) is 41.4 Å². The van der Waals surface area contributed by atoms with Crippen molar-refractivity contribution in [3.05, 3.63) is 39.9 Å². The van der Waals surface area contributed by atoms with Crippen LogP contribution in [0.15, 0.2) is 24.3 Å². The molecule has 3 rings (SSSR count). The molecular formula is C14H17N3O3. The molecule has 1 aromatic carbocycles. The Balaban J connectivity index is 1.90. The monoisotopic (exact) mass is 275 g/mol. The molecular weight excluding hydrogens is 258 g/mol. The third kappa shape index (κ3) is 2.16. The first-order valence-corrected chi connectivity index (χ1v) is 6.93. The highest BCUT2D eigenvalue weighted by molar-refractivity contribution is 5.98. The Bertz CT molecular complexity index is 546. The summed E-state index contributed by atoms with van der Waals surface area (Å²) in [5.41, 5.74) is 0.0932. The predicted molar refractivity (Wildman–Crippen MR) is 73.5 cm³/mol. The first kappa shape index (κ1) is 13.1. The second kappa shape index (κ2) is 5.20. The summed E-state index contributed by atoms with van der Waals surface area (Å²) in [6, 6.07) is 6.38. The highest BCUT2D eigenvalue weighted by atomic mass is 16.6. The minimum Gasteiger partial charge on any atom is -0.334 e. The molecule has 2 saturated heterocycles. The number of nitro groups is 1. The fraction of sp³-hybridized carbons (Fsp3) is 0.500. The summed E-state index contributed by atoms with van der Waals surface area (Å²) in [4.78, 5) is 25.1. The number of carbonyl (C=O) groups excluding carboxylic acids is 1. The van der Waals surface area contributed by atoms with Gasteiger partial charge in [-0.15, -0.1) is 0 Å². The molecule has 0 spiro atoms. The van der Waals surface area contributed by atoms with Gasteiger partial charge in [0.15, 0.2) is 0 Å². The molecule has 2 unspecified atom stereocenters. The SMILES string of the molecule is O=C(c1ccccc1[N+](=O)[O-])N1CCCC2CNCC21. The van der Waals surface area contributed by atoms with Gasteiger partial charge in [0.05, 0.1) is 4.92 Å². The van der Waals surface area contributed by atoms with Gasteiger partial charge in [-0.2, -0.15) is 0 Å². The van der Waals surface area contributed by atoms with Gasteiger partial charge in [0.1, 0.15) is 5.56 Å². The Kier molecular flexibility index (Phi) is 3.40. The molecule has 2 atom stereocenters. The number of hydrogen-bond donors (Lipinski definition) is 1. The summed E-state index contributed by atoms with van der Waals surface area (Å²) >= 11 is 0. The topological polar surface area (TPSA) is 75.5 Å². The maximum Gasteiger partial charge on any atom is 0.282 e. The normalized spacial score (nSPS) is 25.3. The zero-order chi connectivity index (χ0) is 14.1. The van der Waals surface area contributed by atoms with Crippen LogP contribution in [-0.2, 0) is 0 Å². The number of nitrogens with one attached hydrogen (secondary N) is 1. The standard InChI is InChI=1S/C14H17N3O3/c18-14(11-5-1-2-6-12(11)17(19)20)16-7-3-4-10-8-15-9-13(10)16/h1-2,5-6,10,13,15H,3-4,7-9H2. The van der Waals surface area contributed by atoms with Crippen molar-refractivity contribution < 1.29 is 9.72 Å². The zero-order valence-corrected chi connectivity index (χ0v) is 11.1. The lowest BCUT2D eigenvalue weighted by Crippen LogP contribution is -2.48. The average molecular weight is 275 g/mol. The fourth-order valence-corrected chi connectivity index (χ4v) is 3.29. The number of benzene rings is 1. The maximum atomic E-state index is 12.7. The highest BCUT2D eigenvalue weighted by Crippen LogP contribution is 2.29. The Labute approximate surface area is 116 Å². The van der Waals surface area contributed by atoms with Crippen molar-refractivity contribution >= 4 is 11.6 Å². The van der Waals surface area contributed by atoms with Crippen LogP contribution in [0.2, 0.25) is 0 Å². The van der Waals surface area contributed by atoms with Gasteiger partial charge in [-0.3, -0.25) is 14.9 Å². The largest absolute Gasteiger partial charge is 0.334 e. The van der Waals surface area contributed by atoms with E-state index in [1.165, 1.54) is 6.07 Å². The third-order valence-corrected chi connectivity index (χ3v) is 4.27. The molecule has 2 fully saturated rings. The molecule has 106 valence electrons. The lowest BCUT2D eigenvalue weighted by Gasteiger charge is -2.37. The number of para-hydroxylation sites is 1. The van der Waals surface area contributed by atoms with Gasteiger partial charge in [-0.05, 0) is 24.8 Å². The number of rotatable bonds is 2. The lowest BCUT2D eigenvalue weighted by atomic mass is 9.91. The summed E-state index contributed by atoms with van der Waals surface area (Å²) in [7, 11) is 0. The van der Waals surface area contributed by atoms with Gasteiger partial charge in [0.25, 0.3) is 11.6 Å². The van der Waals surface area contributed by atoms with Crippen LogP contribution < -0.4 is 5.32 Å².